The van der Waals surface area contributed by atoms with Crippen LogP contribution in [0.5, 0.6) is 0 Å². The van der Waals surface area contributed by atoms with Crippen molar-refractivity contribution in [2.75, 3.05) is 46.4 Å². The molecule has 0 bridgehead atoms. The van der Waals surface area contributed by atoms with E-state index >= 15 is 0 Å². The molecule has 17 heavy (non-hydrogen) atoms. The summed E-state index contributed by atoms with van der Waals surface area (Å²) in [5.41, 5.74) is 0.683. The zero-order chi connectivity index (χ0) is 12.3. The van der Waals surface area contributed by atoms with Gasteiger partial charge in [0.1, 0.15) is 0 Å². The Bertz CT molecular complexity index is 226. The lowest BCUT2D eigenvalue weighted by molar-refractivity contribution is -0.0626. The molecule has 0 aromatic carbocycles. The lowest BCUT2D eigenvalue weighted by atomic mass is 9.71. The van der Waals surface area contributed by atoms with E-state index < -0.39 is 0 Å². The predicted octanol–water partition coefficient (Wildman–Crippen LogP) is 1.83. The Morgan fingerprint density at radius 3 is 2.35 bits per heavy atom. The summed E-state index contributed by atoms with van der Waals surface area (Å²) in [6.07, 6.45) is 3.99. The smallest absolute Gasteiger partial charge is 0.0474 e. The van der Waals surface area contributed by atoms with Gasteiger partial charge in [0.05, 0.1) is 0 Å². The number of likely N-dealkylation sites (tertiary alicyclic amines) is 2. The minimum atomic E-state index is 0.683. The van der Waals surface area contributed by atoms with E-state index in [1.54, 1.807) is 7.11 Å². The summed E-state index contributed by atoms with van der Waals surface area (Å²) in [6.45, 7) is 12.0. The maximum Gasteiger partial charge on any atom is 0.0474 e. The third-order valence-corrected chi connectivity index (χ3v) is 4.55. The minimum Gasteiger partial charge on any atom is -0.385 e. The van der Waals surface area contributed by atoms with Gasteiger partial charge >= 0.3 is 0 Å². The first-order valence-corrected chi connectivity index (χ1v) is 7.11. The molecule has 0 atom stereocenters. The third kappa shape index (κ3) is 3.21. The average Bonchev–Trinajstić information content (AvgIpc) is 2.27. The van der Waals surface area contributed by atoms with Crippen LogP contribution in [0.4, 0.5) is 0 Å². The first-order chi connectivity index (χ1) is 8.15. The van der Waals surface area contributed by atoms with Crippen LogP contribution in [0.25, 0.3) is 0 Å². The molecule has 2 aliphatic heterocycles. The fraction of sp³-hybridized carbons (Fsp3) is 1.00. The van der Waals surface area contributed by atoms with Crippen molar-refractivity contribution in [1.29, 1.82) is 0 Å². The molecule has 100 valence electrons. The molecule has 2 fully saturated rings. The molecule has 2 heterocycles. The molecular weight excluding hydrogens is 212 g/mol. The number of hydrogen-bond acceptors (Lipinski definition) is 3. The summed E-state index contributed by atoms with van der Waals surface area (Å²) in [4.78, 5) is 5.23. The Kier molecular flexibility index (Phi) is 4.45. The molecule has 2 saturated heterocycles. The van der Waals surface area contributed by atoms with Crippen molar-refractivity contribution < 1.29 is 4.74 Å². The summed E-state index contributed by atoms with van der Waals surface area (Å²) in [6, 6.07) is 0.736. The standard InChI is InChI=1S/C14H28N2O/c1-13(2)16-11-14(12-16)5-8-15(9-6-14)7-4-10-17-3/h13H,4-12H2,1-3H3. The summed E-state index contributed by atoms with van der Waals surface area (Å²) in [7, 11) is 1.79. The molecule has 3 nitrogen and oxygen atoms in total. The van der Waals surface area contributed by atoms with Crippen molar-refractivity contribution in [3.8, 4) is 0 Å². The molecule has 0 amide bonds. The van der Waals surface area contributed by atoms with Crippen LogP contribution in [0.1, 0.15) is 33.1 Å². The van der Waals surface area contributed by atoms with Gasteiger partial charge in [-0.25, -0.2) is 0 Å². The van der Waals surface area contributed by atoms with Gasteiger partial charge in [0.15, 0.2) is 0 Å². The lowest BCUT2D eigenvalue weighted by Crippen LogP contribution is -2.62. The molecule has 2 aliphatic rings. The molecule has 2 rings (SSSR count). The minimum absolute atomic E-state index is 0.683. The van der Waals surface area contributed by atoms with Gasteiger partial charge in [0, 0.05) is 39.4 Å². The highest BCUT2D eigenvalue weighted by molar-refractivity contribution is 4.99. The van der Waals surface area contributed by atoms with E-state index in [9.17, 15) is 0 Å². The van der Waals surface area contributed by atoms with Gasteiger partial charge < -0.3 is 9.64 Å². The molecule has 1 spiro atoms. The Balaban J connectivity index is 1.65. The summed E-state index contributed by atoms with van der Waals surface area (Å²) < 4.78 is 5.11. The predicted molar refractivity (Wildman–Crippen MR) is 71.3 cm³/mol. The number of piperidine rings is 1. The van der Waals surface area contributed by atoms with Gasteiger partial charge in [-0.3, -0.25) is 4.90 Å². The zero-order valence-electron chi connectivity index (χ0n) is 11.7. The van der Waals surface area contributed by atoms with Gasteiger partial charge in [-0.15, -0.1) is 0 Å². The molecule has 0 aromatic heterocycles. The number of nitrogens with zero attached hydrogens (tertiary/aromatic N) is 2. The van der Waals surface area contributed by atoms with E-state index in [0.717, 1.165) is 12.6 Å². The first-order valence-electron chi connectivity index (χ1n) is 7.11. The van der Waals surface area contributed by atoms with Gasteiger partial charge in [-0.2, -0.15) is 0 Å². The van der Waals surface area contributed by atoms with Crippen molar-refractivity contribution in [3.63, 3.8) is 0 Å². The summed E-state index contributed by atoms with van der Waals surface area (Å²) >= 11 is 0. The van der Waals surface area contributed by atoms with Crippen molar-refractivity contribution in [3.05, 3.63) is 0 Å². The maximum absolute atomic E-state index is 5.11. The average molecular weight is 240 g/mol. The van der Waals surface area contributed by atoms with E-state index in [1.165, 1.54) is 52.0 Å². The first kappa shape index (κ1) is 13.3. The van der Waals surface area contributed by atoms with E-state index in [0.29, 0.717) is 5.41 Å². The molecule has 0 radical (unpaired) electrons. The molecular formula is C14H28N2O. The van der Waals surface area contributed by atoms with Gasteiger partial charge in [-0.1, -0.05) is 0 Å². The van der Waals surface area contributed by atoms with E-state index in [2.05, 4.69) is 23.6 Å². The van der Waals surface area contributed by atoms with Gasteiger partial charge in [0.25, 0.3) is 0 Å². The van der Waals surface area contributed by atoms with Crippen LogP contribution in [-0.2, 0) is 4.74 Å². The van der Waals surface area contributed by atoms with E-state index in [1.807, 2.05) is 0 Å². The number of ether oxygens (including phenoxy) is 1. The van der Waals surface area contributed by atoms with Crippen LogP contribution < -0.4 is 0 Å². The Hall–Kier alpha value is -0.120. The van der Waals surface area contributed by atoms with Crippen molar-refractivity contribution in [1.82, 2.24) is 9.80 Å². The highest BCUT2D eigenvalue weighted by Crippen LogP contribution is 2.41. The lowest BCUT2D eigenvalue weighted by Gasteiger charge is -2.55. The molecule has 3 heteroatoms. The second-order valence-electron chi connectivity index (χ2n) is 6.19. The van der Waals surface area contributed by atoms with Gasteiger partial charge in [0.2, 0.25) is 0 Å². The fourth-order valence-electron chi connectivity index (χ4n) is 3.18. The summed E-state index contributed by atoms with van der Waals surface area (Å²) in [5.74, 6) is 0. The quantitative estimate of drug-likeness (QED) is 0.682. The second kappa shape index (κ2) is 5.68. The number of methoxy groups -OCH3 is 1. The third-order valence-electron chi connectivity index (χ3n) is 4.55. The monoisotopic (exact) mass is 240 g/mol. The number of rotatable bonds is 5. The van der Waals surface area contributed by atoms with E-state index in [-0.39, 0.29) is 0 Å². The van der Waals surface area contributed by atoms with Crippen molar-refractivity contribution in [2.45, 2.75) is 39.2 Å². The molecule has 0 aromatic rings. The largest absolute Gasteiger partial charge is 0.385 e. The summed E-state index contributed by atoms with van der Waals surface area (Å²) in [5, 5.41) is 0. The van der Waals surface area contributed by atoms with Crippen LogP contribution in [-0.4, -0.2) is 62.3 Å². The van der Waals surface area contributed by atoms with Crippen LogP contribution in [0.3, 0.4) is 0 Å². The Labute approximate surface area is 106 Å². The Morgan fingerprint density at radius 1 is 1.18 bits per heavy atom. The highest BCUT2D eigenvalue weighted by atomic mass is 16.5. The Morgan fingerprint density at radius 2 is 1.82 bits per heavy atom. The van der Waals surface area contributed by atoms with Crippen LogP contribution >= 0.6 is 0 Å². The zero-order valence-corrected chi connectivity index (χ0v) is 11.7. The number of hydrogen-bond donors (Lipinski definition) is 0. The van der Waals surface area contributed by atoms with E-state index in [4.69, 9.17) is 4.74 Å². The molecule has 0 unspecified atom stereocenters. The maximum atomic E-state index is 5.11. The van der Waals surface area contributed by atoms with Crippen molar-refractivity contribution >= 4 is 0 Å². The van der Waals surface area contributed by atoms with Gasteiger partial charge in [-0.05, 0) is 51.6 Å². The normalized spacial score (nSPS) is 25.4. The highest BCUT2D eigenvalue weighted by Gasteiger charge is 2.45. The SMILES string of the molecule is COCCCN1CCC2(CC1)CN(C(C)C)C2. The molecule has 0 aliphatic carbocycles. The van der Waals surface area contributed by atoms with Crippen molar-refractivity contribution in [2.24, 2.45) is 5.41 Å². The van der Waals surface area contributed by atoms with Crippen LogP contribution in [0.2, 0.25) is 0 Å². The molecule has 0 N–H and O–H groups in total. The van der Waals surface area contributed by atoms with Crippen LogP contribution in [0, 0.1) is 5.41 Å². The topological polar surface area (TPSA) is 15.7 Å². The second-order valence-corrected chi connectivity index (χ2v) is 6.19. The molecule has 0 saturated carbocycles. The van der Waals surface area contributed by atoms with Crippen LogP contribution in [0.15, 0.2) is 0 Å². The fourth-order valence-corrected chi connectivity index (χ4v) is 3.18.